The average molecular weight is 460 g/mol. The van der Waals surface area contributed by atoms with Crippen molar-refractivity contribution in [2.45, 2.75) is 64.3 Å². The molecule has 1 aromatic heterocycles. The second-order valence-corrected chi connectivity index (χ2v) is 10.2. The van der Waals surface area contributed by atoms with Crippen LogP contribution < -0.4 is 20.1 Å². The molecular formula is C28H33N3O3. The number of carbonyl (C=O) groups excluding carboxylic acids is 1. The molecule has 0 aliphatic carbocycles. The summed E-state index contributed by atoms with van der Waals surface area (Å²) in [6, 6.07) is 18.7. The topological polar surface area (TPSA) is 72.5 Å². The maximum atomic E-state index is 12.9. The van der Waals surface area contributed by atoms with Gasteiger partial charge in [-0.15, -0.1) is 0 Å². The van der Waals surface area contributed by atoms with E-state index in [1.807, 2.05) is 48.5 Å². The summed E-state index contributed by atoms with van der Waals surface area (Å²) in [6.07, 6.45) is 5.26. The van der Waals surface area contributed by atoms with E-state index in [-0.39, 0.29) is 23.0 Å². The van der Waals surface area contributed by atoms with Gasteiger partial charge in [0, 0.05) is 35.1 Å². The fourth-order valence-corrected chi connectivity index (χ4v) is 4.79. The number of benzene rings is 2. The molecule has 178 valence electrons. The normalized spacial score (nSPS) is 17.1. The Hall–Kier alpha value is -3.38. The summed E-state index contributed by atoms with van der Waals surface area (Å²) in [5.74, 6) is 1.84. The molecule has 34 heavy (non-hydrogen) atoms. The SMILES string of the molecule is CC1(C)CC(NC(=O)c2ccc(Oc3ccccc3OCc3ccncc3)cc2)CC(C)(C)N1. The third-order valence-corrected chi connectivity index (χ3v) is 5.86. The van der Waals surface area contributed by atoms with Crippen molar-refractivity contribution in [3.8, 4) is 17.2 Å². The van der Waals surface area contributed by atoms with Gasteiger partial charge in [-0.1, -0.05) is 12.1 Å². The highest BCUT2D eigenvalue weighted by molar-refractivity contribution is 5.94. The van der Waals surface area contributed by atoms with E-state index in [0.29, 0.717) is 29.4 Å². The Morgan fingerprint density at radius 1 is 0.941 bits per heavy atom. The first-order chi connectivity index (χ1) is 16.2. The van der Waals surface area contributed by atoms with Crippen molar-refractivity contribution < 1.29 is 14.3 Å². The summed E-state index contributed by atoms with van der Waals surface area (Å²) in [5, 5.41) is 6.86. The van der Waals surface area contributed by atoms with E-state index in [9.17, 15) is 4.79 Å². The van der Waals surface area contributed by atoms with Gasteiger partial charge < -0.3 is 20.1 Å². The molecule has 0 bridgehead atoms. The van der Waals surface area contributed by atoms with Crippen LogP contribution in [0, 0.1) is 0 Å². The van der Waals surface area contributed by atoms with Crippen molar-refractivity contribution in [3.05, 3.63) is 84.2 Å². The van der Waals surface area contributed by atoms with Gasteiger partial charge in [0.1, 0.15) is 12.4 Å². The third kappa shape index (κ3) is 6.35. The van der Waals surface area contributed by atoms with Crippen molar-refractivity contribution in [2.24, 2.45) is 0 Å². The summed E-state index contributed by atoms with van der Waals surface area (Å²) in [6.45, 7) is 9.14. The van der Waals surface area contributed by atoms with Crippen LogP contribution in [0.1, 0.15) is 56.5 Å². The summed E-state index contributed by atoms with van der Waals surface area (Å²) >= 11 is 0. The fourth-order valence-electron chi connectivity index (χ4n) is 4.79. The van der Waals surface area contributed by atoms with Crippen LogP contribution in [0.3, 0.4) is 0 Å². The van der Waals surface area contributed by atoms with E-state index in [2.05, 4.69) is 43.3 Å². The standard InChI is InChI=1S/C28H33N3O3/c1-27(2)17-22(18-28(3,4)31-27)30-26(32)21-9-11-23(12-10-21)34-25-8-6-5-7-24(25)33-19-20-13-15-29-16-14-20/h5-16,22,31H,17-19H2,1-4H3,(H,30,32). The predicted octanol–water partition coefficient (Wildman–Crippen LogP) is 5.49. The number of pyridine rings is 1. The Morgan fingerprint density at radius 3 is 2.21 bits per heavy atom. The number of amides is 1. The average Bonchev–Trinajstić information content (AvgIpc) is 2.77. The Labute approximate surface area is 201 Å². The van der Waals surface area contributed by atoms with Gasteiger partial charge in [-0.2, -0.15) is 0 Å². The molecule has 2 heterocycles. The zero-order chi connectivity index (χ0) is 24.2. The van der Waals surface area contributed by atoms with Crippen LogP contribution in [0.5, 0.6) is 17.2 Å². The monoisotopic (exact) mass is 459 g/mol. The highest BCUT2D eigenvalue weighted by Crippen LogP contribution is 2.32. The lowest BCUT2D eigenvalue weighted by Gasteiger charge is -2.46. The van der Waals surface area contributed by atoms with Crippen molar-refractivity contribution in [2.75, 3.05) is 0 Å². The zero-order valence-corrected chi connectivity index (χ0v) is 20.3. The third-order valence-electron chi connectivity index (χ3n) is 5.86. The number of nitrogens with zero attached hydrogens (tertiary/aromatic N) is 1. The first-order valence-electron chi connectivity index (χ1n) is 11.7. The molecule has 4 rings (SSSR count). The van der Waals surface area contributed by atoms with E-state index in [0.717, 1.165) is 18.4 Å². The number of nitrogens with one attached hydrogen (secondary N) is 2. The molecule has 1 fully saturated rings. The van der Waals surface area contributed by atoms with E-state index in [1.165, 1.54) is 0 Å². The summed E-state index contributed by atoms with van der Waals surface area (Å²) in [5.41, 5.74) is 1.60. The minimum atomic E-state index is -0.0638. The molecule has 3 aromatic rings. The summed E-state index contributed by atoms with van der Waals surface area (Å²) in [4.78, 5) is 16.9. The molecule has 2 N–H and O–H groups in total. The molecule has 1 saturated heterocycles. The number of aromatic nitrogens is 1. The van der Waals surface area contributed by atoms with Gasteiger partial charge in [0.05, 0.1) is 0 Å². The van der Waals surface area contributed by atoms with Crippen molar-refractivity contribution in [3.63, 3.8) is 0 Å². The maximum Gasteiger partial charge on any atom is 0.251 e. The first-order valence-corrected chi connectivity index (χ1v) is 11.7. The highest BCUT2D eigenvalue weighted by atomic mass is 16.5. The second-order valence-electron chi connectivity index (χ2n) is 10.2. The van der Waals surface area contributed by atoms with Gasteiger partial charge in [0.25, 0.3) is 5.91 Å². The van der Waals surface area contributed by atoms with E-state index in [4.69, 9.17) is 9.47 Å². The molecule has 1 amide bonds. The number of rotatable bonds is 7. The lowest BCUT2D eigenvalue weighted by Crippen LogP contribution is -2.62. The van der Waals surface area contributed by atoms with Crippen LogP contribution in [0.15, 0.2) is 73.1 Å². The minimum Gasteiger partial charge on any atom is -0.485 e. The van der Waals surface area contributed by atoms with Crippen molar-refractivity contribution in [1.29, 1.82) is 0 Å². The first kappa shape index (κ1) is 23.8. The number of para-hydroxylation sites is 2. The van der Waals surface area contributed by atoms with Gasteiger partial charge in [-0.25, -0.2) is 0 Å². The summed E-state index contributed by atoms with van der Waals surface area (Å²) < 4.78 is 12.0. The van der Waals surface area contributed by atoms with Gasteiger partial charge >= 0.3 is 0 Å². The summed E-state index contributed by atoms with van der Waals surface area (Å²) in [7, 11) is 0. The molecular weight excluding hydrogens is 426 g/mol. The Bertz CT molecular complexity index is 1100. The molecule has 6 heteroatoms. The highest BCUT2D eigenvalue weighted by Gasteiger charge is 2.38. The minimum absolute atomic E-state index is 0.0236. The van der Waals surface area contributed by atoms with E-state index < -0.39 is 0 Å². The van der Waals surface area contributed by atoms with Crippen molar-refractivity contribution >= 4 is 5.91 Å². The second kappa shape index (κ2) is 9.85. The smallest absolute Gasteiger partial charge is 0.251 e. The lowest BCUT2D eigenvalue weighted by atomic mass is 9.79. The molecule has 6 nitrogen and oxygen atoms in total. The van der Waals surface area contributed by atoms with Gasteiger partial charge in [0.15, 0.2) is 11.5 Å². The Kier molecular flexibility index (Phi) is 6.89. The van der Waals surface area contributed by atoms with E-state index >= 15 is 0 Å². The Morgan fingerprint density at radius 2 is 1.56 bits per heavy atom. The number of hydrogen-bond acceptors (Lipinski definition) is 5. The predicted molar refractivity (Wildman–Crippen MR) is 133 cm³/mol. The molecule has 0 atom stereocenters. The van der Waals surface area contributed by atoms with Gasteiger partial charge in [-0.05, 0) is 94.6 Å². The van der Waals surface area contributed by atoms with Gasteiger partial charge in [0.2, 0.25) is 0 Å². The molecule has 1 aliphatic rings. The van der Waals surface area contributed by atoms with Crippen LogP contribution >= 0.6 is 0 Å². The maximum absolute atomic E-state index is 12.9. The largest absolute Gasteiger partial charge is 0.485 e. The molecule has 1 aliphatic heterocycles. The zero-order valence-electron chi connectivity index (χ0n) is 20.3. The molecule has 0 radical (unpaired) electrons. The molecule has 0 spiro atoms. The lowest BCUT2D eigenvalue weighted by molar-refractivity contribution is 0.0873. The van der Waals surface area contributed by atoms with E-state index in [1.54, 1.807) is 24.5 Å². The van der Waals surface area contributed by atoms with Crippen LogP contribution in [-0.4, -0.2) is 28.0 Å². The van der Waals surface area contributed by atoms with Crippen LogP contribution in [-0.2, 0) is 6.61 Å². The Balaban J connectivity index is 1.38. The van der Waals surface area contributed by atoms with Crippen LogP contribution in [0.2, 0.25) is 0 Å². The number of ether oxygens (including phenoxy) is 2. The number of piperidine rings is 1. The molecule has 0 unspecified atom stereocenters. The fraction of sp³-hybridized carbons (Fsp3) is 0.357. The molecule has 2 aromatic carbocycles. The van der Waals surface area contributed by atoms with Gasteiger partial charge in [-0.3, -0.25) is 9.78 Å². The molecule has 0 saturated carbocycles. The quantitative estimate of drug-likeness (QED) is 0.489. The number of hydrogen-bond donors (Lipinski definition) is 2. The van der Waals surface area contributed by atoms with Crippen LogP contribution in [0.25, 0.3) is 0 Å². The van der Waals surface area contributed by atoms with Crippen LogP contribution in [0.4, 0.5) is 0 Å². The van der Waals surface area contributed by atoms with Crippen molar-refractivity contribution in [1.82, 2.24) is 15.6 Å². The number of carbonyl (C=O) groups is 1.